The van der Waals surface area contributed by atoms with Crippen LogP contribution in [0, 0.1) is 0 Å². The minimum Gasteiger partial charge on any atom is -0.397 e. The van der Waals surface area contributed by atoms with Crippen molar-refractivity contribution in [1.29, 1.82) is 0 Å². The SMILES string of the molecule is CCCN(CCC(=O)NC)c1ccccc1N. The van der Waals surface area contributed by atoms with E-state index in [0.29, 0.717) is 13.0 Å². The quantitative estimate of drug-likeness (QED) is 0.737. The van der Waals surface area contributed by atoms with Crippen LogP contribution in [0.5, 0.6) is 0 Å². The van der Waals surface area contributed by atoms with Gasteiger partial charge in [0.05, 0.1) is 11.4 Å². The molecule has 17 heavy (non-hydrogen) atoms. The van der Waals surface area contributed by atoms with Crippen molar-refractivity contribution in [3.63, 3.8) is 0 Å². The van der Waals surface area contributed by atoms with Gasteiger partial charge in [0.1, 0.15) is 0 Å². The molecule has 1 aromatic carbocycles. The minimum absolute atomic E-state index is 0.0561. The molecule has 0 atom stereocenters. The molecule has 0 radical (unpaired) electrons. The number of nitrogens with zero attached hydrogens (tertiary/aromatic N) is 1. The number of nitrogens with one attached hydrogen (secondary N) is 1. The van der Waals surface area contributed by atoms with E-state index < -0.39 is 0 Å². The van der Waals surface area contributed by atoms with E-state index in [-0.39, 0.29) is 5.91 Å². The Labute approximate surface area is 103 Å². The number of hydrogen-bond donors (Lipinski definition) is 2. The Kier molecular flexibility index (Phi) is 5.33. The summed E-state index contributed by atoms with van der Waals surface area (Å²) < 4.78 is 0. The van der Waals surface area contributed by atoms with Gasteiger partial charge in [0.2, 0.25) is 5.91 Å². The van der Waals surface area contributed by atoms with Gasteiger partial charge in [-0.1, -0.05) is 19.1 Å². The largest absolute Gasteiger partial charge is 0.397 e. The van der Waals surface area contributed by atoms with Gasteiger partial charge in [-0.05, 0) is 18.6 Å². The Morgan fingerprint density at radius 1 is 1.35 bits per heavy atom. The van der Waals surface area contributed by atoms with Crippen LogP contribution in [0.25, 0.3) is 0 Å². The van der Waals surface area contributed by atoms with Crippen LogP contribution >= 0.6 is 0 Å². The molecule has 0 saturated heterocycles. The molecule has 1 aromatic rings. The minimum atomic E-state index is 0.0561. The fourth-order valence-electron chi connectivity index (χ4n) is 1.76. The smallest absolute Gasteiger partial charge is 0.221 e. The normalized spacial score (nSPS) is 10.0. The fourth-order valence-corrected chi connectivity index (χ4v) is 1.76. The van der Waals surface area contributed by atoms with Crippen LogP contribution in [-0.4, -0.2) is 26.0 Å². The molecule has 0 spiro atoms. The Hall–Kier alpha value is -1.71. The van der Waals surface area contributed by atoms with Crippen LogP contribution in [0.15, 0.2) is 24.3 Å². The molecule has 0 unspecified atom stereocenters. The third kappa shape index (κ3) is 3.98. The second-order valence-electron chi connectivity index (χ2n) is 3.97. The maximum absolute atomic E-state index is 11.3. The highest BCUT2D eigenvalue weighted by molar-refractivity contribution is 5.76. The van der Waals surface area contributed by atoms with Crippen LogP contribution in [-0.2, 0) is 4.79 Å². The second-order valence-corrected chi connectivity index (χ2v) is 3.97. The third-order valence-corrected chi connectivity index (χ3v) is 2.66. The number of nitrogens with two attached hydrogens (primary N) is 1. The first-order chi connectivity index (χ1) is 8.19. The molecule has 1 amide bonds. The van der Waals surface area contributed by atoms with E-state index in [1.54, 1.807) is 7.05 Å². The number of nitrogen functional groups attached to an aromatic ring is 1. The highest BCUT2D eigenvalue weighted by Crippen LogP contribution is 2.22. The zero-order valence-electron chi connectivity index (χ0n) is 10.6. The molecule has 0 bridgehead atoms. The van der Waals surface area contributed by atoms with Crippen LogP contribution in [0.2, 0.25) is 0 Å². The Balaban J connectivity index is 2.72. The van der Waals surface area contributed by atoms with Crippen molar-refractivity contribution in [2.24, 2.45) is 0 Å². The molecule has 0 aromatic heterocycles. The number of carbonyl (C=O) groups is 1. The highest BCUT2D eigenvalue weighted by Gasteiger charge is 2.09. The van der Waals surface area contributed by atoms with Crippen molar-refractivity contribution < 1.29 is 4.79 Å². The lowest BCUT2D eigenvalue weighted by molar-refractivity contribution is -0.120. The highest BCUT2D eigenvalue weighted by atomic mass is 16.1. The van der Waals surface area contributed by atoms with Crippen LogP contribution < -0.4 is 16.0 Å². The molecule has 3 N–H and O–H groups in total. The van der Waals surface area contributed by atoms with E-state index in [0.717, 1.165) is 24.3 Å². The summed E-state index contributed by atoms with van der Waals surface area (Å²) in [7, 11) is 1.66. The van der Waals surface area contributed by atoms with Crippen molar-refractivity contribution in [1.82, 2.24) is 5.32 Å². The number of para-hydroxylation sites is 2. The van der Waals surface area contributed by atoms with Gasteiger partial charge >= 0.3 is 0 Å². The second kappa shape index (κ2) is 6.78. The molecule has 0 saturated carbocycles. The molecule has 4 heteroatoms. The van der Waals surface area contributed by atoms with Gasteiger partial charge < -0.3 is 16.0 Å². The molecule has 0 aliphatic heterocycles. The summed E-state index contributed by atoms with van der Waals surface area (Å²) >= 11 is 0. The first-order valence-corrected chi connectivity index (χ1v) is 5.99. The monoisotopic (exact) mass is 235 g/mol. The van der Waals surface area contributed by atoms with Crippen molar-refractivity contribution in [3.05, 3.63) is 24.3 Å². The first kappa shape index (κ1) is 13.4. The summed E-state index contributed by atoms with van der Waals surface area (Å²) in [4.78, 5) is 13.4. The van der Waals surface area contributed by atoms with Crippen molar-refractivity contribution in [2.45, 2.75) is 19.8 Å². The van der Waals surface area contributed by atoms with E-state index in [4.69, 9.17) is 5.73 Å². The van der Waals surface area contributed by atoms with E-state index in [2.05, 4.69) is 17.1 Å². The third-order valence-electron chi connectivity index (χ3n) is 2.66. The molecule has 0 heterocycles. The maximum atomic E-state index is 11.3. The van der Waals surface area contributed by atoms with Crippen molar-refractivity contribution in [3.8, 4) is 0 Å². The van der Waals surface area contributed by atoms with E-state index in [1.807, 2.05) is 24.3 Å². The lowest BCUT2D eigenvalue weighted by Gasteiger charge is -2.25. The maximum Gasteiger partial charge on any atom is 0.221 e. The Morgan fingerprint density at radius 3 is 2.65 bits per heavy atom. The van der Waals surface area contributed by atoms with Gasteiger partial charge in [-0.3, -0.25) is 4.79 Å². The Morgan fingerprint density at radius 2 is 2.06 bits per heavy atom. The average molecular weight is 235 g/mol. The van der Waals surface area contributed by atoms with E-state index in [1.165, 1.54) is 0 Å². The van der Waals surface area contributed by atoms with Crippen LogP contribution in [0.3, 0.4) is 0 Å². The van der Waals surface area contributed by atoms with Gasteiger partial charge in [0.15, 0.2) is 0 Å². The number of hydrogen-bond acceptors (Lipinski definition) is 3. The molecule has 4 nitrogen and oxygen atoms in total. The molecular formula is C13H21N3O. The van der Waals surface area contributed by atoms with Crippen LogP contribution in [0.4, 0.5) is 11.4 Å². The molecule has 0 aliphatic rings. The molecule has 94 valence electrons. The van der Waals surface area contributed by atoms with E-state index >= 15 is 0 Å². The first-order valence-electron chi connectivity index (χ1n) is 5.99. The summed E-state index contributed by atoms with van der Waals surface area (Å²) in [6, 6.07) is 7.77. The molecule has 0 aliphatic carbocycles. The van der Waals surface area contributed by atoms with Gasteiger partial charge in [0.25, 0.3) is 0 Å². The zero-order chi connectivity index (χ0) is 12.7. The summed E-state index contributed by atoms with van der Waals surface area (Å²) in [5.41, 5.74) is 7.72. The van der Waals surface area contributed by atoms with Crippen LogP contribution in [0.1, 0.15) is 19.8 Å². The summed E-state index contributed by atoms with van der Waals surface area (Å²) in [5.74, 6) is 0.0561. The average Bonchev–Trinajstić information content (AvgIpc) is 2.35. The fraction of sp³-hybridized carbons (Fsp3) is 0.462. The summed E-state index contributed by atoms with van der Waals surface area (Å²) in [5, 5.41) is 2.63. The van der Waals surface area contributed by atoms with Gasteiger partial charge in [-0.2, -0.15) is 0 Å². The van der Waals surface area contributed by atoms with Crippen molar-refractivity contribution >= 4 is 17.3 Å². The summed E-state index contributed by atoms with van der Waals surface area (Å²) in [6.45, 7) is 3.72. The predicted molar refractivity (Wildman–Crippen MR) is 72.0 cm³/mol. The molecule has 0 fully saturated rings. The lowest BCUT2D eigenvalue weighted by Crippen LogP contribution is -2.30. The number of anilines is 2. The topological polar surface area (TPSA) is 58.4 Å². The van der Waals surface area contributed by atoms with Crippen molar-refractivity contribution in [2.75, 3.05) is 30.8 Å². The number of amides is 1. The molecular weight excluding hydrogens is 214 g/mol. The Bertz CT molecular complexity index is 365. The lowest BCUT2D eigenvalue weighted by atomic mass is 10.2. The number of benzene rings is 1. The van der Waals surface area contributed by atoms with E-state index in [9.17, 15) is 4.79 Å². The zero-order valence-corrected chi connectivity index (χ0v) is 10.6. The van der Waals surface area contributed by atoms with Gasteiger partial charge in [-0.15, -0.1) is 0 Å². The number of carbonyl (C=O) groups excluding carboxylic acids is 1. The predicted octanol–water partition coefficient (Wildman–Crippen LogP) is 1.62. The molecule has 1 rings (SSSR count). The van der Waals surface area contributed by atoms with Gasteiger partial charge in [0, 0.05) is 26.6 Å². The van der Waals surface area contributed by atoms with Gasteiger partial charge in [-0.25, -0.2) is 0 Å². The number of rotatable bonds is 6. The summed E-state index contributed by atoms with van der Waals surface area (Å²) in [6.07, 6.45) is 1.52. The standard InChI is InChI=1S/C13H21N3O/c1-3-9-16(10-8-13(17)15-2)12-7-5-4-6-11(12)14/h4-7H,3,8-10,14H2,1-2H3,(H,15,17).